The lowest BCUT2D eigenvalue weighted by atomic mass is 10.2. The molecule has 0 spiro atoms. The highest BCUT2D eigenvalue weighted by atomic mass is 32.2. The summed E-state index contributed by atoms with van der Waals surface area (Å²) in [5.41, 5.74) is -0.139. The lowest BCUT2D eigenvalue weighted by molar-refractivity contribution is -0.141. The molecule has 0 fully saturated rings. The molecule has 0 aromatic carbocycles. The van der Waals surface area contributed by atoms with Crippen LogP contribution in [0.5, 0.6) is 0 Å². The van der Waals surface area contributed by atoms with E-state index in [2.05, 4.69) is 5.32 Å². The highest BCUT2D eigenvalue weighted by Crippen LogP contribution is 2.10. The Morgan fingerprint density at radius 3 is 2.39 bits per heavy atom. The number of amides is 1. The second kappa shape index (κ2) is 8.37. The maximum Gasteiger partial charge on any atom is 0.326 e. The fraction of sp³-hybridized carbons (Fsp3) is 0.833. The van der Waals surface area contributed by atoms with E-state index in [-0.39, 0.29) is 11.5 Å². The third-order valence-electron chi connectivity index (χ3n) is 1.99. The Kier molecular flexibility index (Phi) is 8.02. The molecule has 1 amide bonds. The largest absolute Gasteiger partial charge is 0.480 e. The zero-order chi connectivity index (χ0) is 14.2. The van der Waals surface area contributed by atoms with Crippen LogP contribution in [0.1, 0.15) is 34.1 Å². The Morgan fingerprint density at radius 1 is 1.33 bits per heavy atom. The first-order valence-corrected chi connectivity index (χ1v) is 7.09. The lowest BCUT2D eigenvalue weighted by Crippen LogP contribution is -2.39. The second-order valence-corrected chi connectivity index (χ2v) is 6.18. The van der Waals surface area contributed by atoms with Gasteiger partial charge in [-0.05, 0) is 32.9 Å². The van der Waals surface area contributed by atoms with Crippen LogP contribution in [-0.2, 0) is 14.3 Å². The topological polar surface area (TPSA) is 75.6 Å². The number of carboxylic acids is 1. The van der Waals surface area contributed by atoms with Crippen LogP contribution in [0.3, 0.4) is 0 Å². The Hall–Kier alpha value is -0.750. The van der Waals surface area contributed by atoms with E-state index < -0.39 is 12.0 Å². The minimum atomic E-state index is -0.989. The molecule has 0 aromatic rings. The van der Waals surface area contributed by atoms with E-state index in [1.807, 2.05) is 20.8 Å². The third-order valence-corrected chi connectivity index (χ3v) is 2.97. The minimum Gasteiger partial charge on any atom is -0.480 e. The van der Waals surface area contributed by atoms with E-state index in [1.165, 1.54) is 6.92 Å². The Morgan fingerprint density at radius 2 is 1.94 bits per heavy atom. The summed E-state index contributed by atoms with van der Waals surface area (Å²) in [6.45, 7) is 7.95. The Bertz CT molecular complexity index is 276. The highest BCUT2D eigenvalue weighted by molar-refractivity contribution is 7.99. The van der Waals surface area contributed by atoms with Gasteiger partial charge in [0, 0.05) is 12.7 Å². The summed E-state index contributed by atoms with van der Waals surface area (Å²) in [5, 5.41) is 11.3. The number of thioether (sulfide) groups is 1. The van der Waals surface area contributed by atoms with Crippen molar-refractivity contribution in [3.05, 3.63) is 0 Å². The molecule has 0 aliphatic rings. The van der Waals surface area contributed by atoms with Crippen LogP contribution in [-0.4, -0.2) is 46.7 Å². The summed E-state index contributed by atoms with van der Waals surface area (Å²) in [4.78, 5) is 21.6. The molecule has 18 heavy (non-hydrogen) atoms. The van der Waals surface area contributed by atoms with Gasteiger partial charge in [0.2, 0.25) is 5.91 Å². The van der Waals surface area contributed by atoms with E-state index in [0.29, 0.717) is 18.8 Å². The molecule has 0 saturated heterocycles. The third kappa shape index (κ3) is 10.4. The minimum absolute atomic E-state index is 0.139. The van der Waals surface area contributed by atoms with Crippen LogP contribution in [0.2, 0.25) is 0 Å². The quantitative estimate of drug-likeness (QED) is 0.658. The SMILES string of the molecule is CC(=O)NC(CCSCCOC(C)(C)C)C(=O)O. The van der Waals surface area contributed by atoms with Gasteiger partial charge in [0.1, 0.15) is 6.04 Å². The van der Waals surface area contributed by atoms with Crippen molar-refractivity contribution in [3.63, 3.8) is 0 Å². The van der Waals surface area contributed by atoms with Crippen molar-refractivity contribution in [2.24, 2.45) is 0 Å². The molecule has 0 rings (SSSR count). The summed E-state index contributed by atoms with van der Waals surface area (Å²) in [7, 11) is 0. The summed E-state index contributed by atoms with van der Waals surface area (Å²) in [6, 6.07) is -0.793. The normalized spacial score (nSPS) is 13.1. The predicted molar refractivity (Wildman–Crippen MR) is 72.9 cm³/mol. The summed E-state index contributed by atoms with van der Waals surface area (Å²) in [6.07, 6.45) is 0.426. The van der Waals surface area contributed by atoms with Gasteiger partial charge in [0.25, 0.3) is 0 Å². The van der Waals surface area contributed by atoms with Crippen molar-refractivity contribution in [1.29, 1.82) is 0 Å². The van der Waals surface area contributed by atoms with Gasteiger partial charge in [0.05, 0.1) is 12.2 Å². The lowest BCUT2D eigenvalue weighted by Gasteiger charge is -2.19. The van der Waals surface area contributed by atoms with Gasteiger partial charge in [-0.3, -0.25) is 4.79 Å². The molecule has 0 radical (unpaired) electrons. The Labute approximate surface area is 113 Å². The molecule has 0 aromatic heterocycles. The van der Waals surface area contributed by atoms with Gasteiger partial charge < -0.3 is 15.2 Å². The highest BCUT2D eigenvalue weighted by Gasteiger charge is 2.17. The molecule has 2 N–H and O–H groups in total. The molecule has 106 valence electrons. The van der Waals surface area contributed by atoms with Crippen LogP contribution in [0.15, 0.2) is 0 Å². The number of nitrogens with one attached hydrogen (secondary N) is 1. The van der Waals surface area contributed by atoms with Crippen LogP contribution < -0.4 is 5.32 Å². The van der Waals surface area contributed by atoms with Crippen LogP contribution in [0.25, 0.3) is 0 Å². The molecule has 0 saturated carbocycles. The first-order valence-electron chi connectivity index (χ1n) is 5.94. The van der Waals surface area contributed by atoms with E-state index in [0.717, 1.165) is 5.75 Å². The molecule has 5 nitrogen and oxygen atoms in total. The predicted octanol–water partition coefficient (Wildman–Crippen LogP) is 1.51. The molecule has 0 heterocycles. The van der Waals surface area contributed by atoms with E-state index >= 15 is 0 Å². The molecule has 6 heteroatoms. The van der Waals surface area contributed by atoms with Gasteiger partial charge in [-0.1, -0.05) is 0 Å². The van der Waals surface area contributed by atoms with Crippen molar-refractivity contribution in [3.8, 4) is 0 Å². The number of carboxylic acid groups (broad SMARTS) is 1. The van der Waals surface area contributed by atoms with Gasteiger partial charge in [-0.15, -0.1) is 0 Å². The number of ether oxygens (including phenoxy) is 1. The molecule has 1 atom stereocenters. The summed E-state index contributed by atoms with van der Waals surface area (Å²) >= 11 is 1.63. The standard InChI is InChI=1S/C12H23NO4S/c1-9(14)13-10(11(15)16)5-7-18-8-6-17-12(2,3)4/h10H,5-8H2,1-4H3,(H,13,14)(H,15,16). The maximum absolute atomic E-state index is 10.8. The summed E-state index contributed by atoms with van der Waals surface area (Å²) in [5.74, 6) is 0.203. The smallest absolute Gasteiger partial charge is 0.326 e. The average molecular weight is 277 g/mol. The van der Waals surface area contributed by atoms with Crippen molar-refractivity contribution in [2.45, 2.75) is 45.8 Å². The van der Waals surface area contributed by atoms with Crippen molar-refractivity contribution >= 4 is 23.6 Å². The number of aliphatic carboxylic acids is 1. The van der Waals surface area contributed by atoms with Crippen molar-refractivity contribution in [1.82, 2.24) is 5.32 Å². The van der Waals surface area contributed by atoms with Crippen LogP contribution in [0.4, 0.5) is 0 Å². The molecule has 0 aliphatic carbocycles. The molecule has 0 bridgehead atoms. The van der Waals surface area contributed by atoms with Crippen molar-refractivity contribution in [2.75, 3.05) is 18.1 Å². The van der Waals surface area contributed by atoms with Gasteiger partial charge in [-0.25, -0.2) is 4.79 Å². The fourth-order valence-corrected chi connectivity index (χ4v) is 2.02. The van der Waals surface area contributed by atoms with E-state index in [9.17, 15) is 9.59 Å². The molecule has 0 aliphatic heterocycles. The number of carbonyl (C=O) groups excluding carboxylic acids is 1. The number of hydrogen-bond acceptors (Lipinski definition) is 4. The Balaban J connectivity index is 3.68. The zero-order valence-corrected chi connectivity index (χ0v) is 12.3. The zero-order valence-electron chi connectivity index (χ0n) is 11.5. The fourth-order valence-electron chi connectivity index (χ4n) is 1.21. The molecular weight excluding hydrogens is 254 g/mol. The van der Waals surface area contributed by atoms with Gasteiger partial charge >= 0.3 is 5.97 Å². The maximum atomic E-state index is 10.8. The number of rotatable bonds is 8. The number of carbonyl (C=O) groups is 2. The van der Waals surface area contributed by atoms with E-state index in [1.54, 1.807) is 11.8 Å². The van der Waals surface area contributed by atoms with Crippen molar-refractivity contribution < 1.29 is 19.4 Å². The number of hydrogen-bond donors (Lipinski definition) is 2. The van der Waals surface area contributed by atoms with Gasteiger partial charge in [-0.2, -0.15) is 11.8 Å². The molecule has 1 unspecified atom stereocenters. The summed E-state index contributed by atoms with van der Waals surface area (Å²) < 4.78 is 5.54. The van der Waals surface area contributed by atoms with E-state index in [4.69, 9.17) is 9.84 Å². The van der Waals surface area contributed by atoms with Gasteiger partial charge in [0.15, 0.2) is 0 Å². The molecular formula is C12H23NO4S. The van der Waals surface area contributed by atoms with Crippen LogP contribution >= 0.6 is 11.8 Å². The first kappa shape index (κ1) is 17.2. The second-order valence-electron chi connectivity index (χ2n) is 4.95. The average Bonchev–Trinajstić information content (AvgIpc) is 2.18. The monoisotopic (exact) mass is 277 g/mol. The first-order chi connectivity index (χ1) is 8.22. The van der Waals surface area contributed by atoms with Crippen LogP contribution in [0, 0.1) is 0 Å².